The first-order valence-corrected chi connectivity index (χ1v) is 8.37. The Kier molecular flexibility index (Phi) is 4.58. The number of ketones is 1. The molecule has 0 fully saturated rings. The van der Waals surface area contributed by atoms with Crippen molar-refractivity contribution >= 4 is 23.1 Å². The van der Waals surface area contributed by atoms with Crippen LogP contribution in [0.15, 0.2) is 60.7 Å². The summed E-state index contributed by atoms with van der Waals surface area (Å²) in [6.45, 7) is 2.02. The van der Waals surface area contributed by atoms with Gasteiger partial charge in [0.15, 0.2) is 5.78 Å². The Morgan fingerprint density at radius 2 is 1.58 bits per heavy atom. The van der Waals surface area contributed by atoms with E-state index in [2.05, 4.69) is 0 Å². The number of Topliss-reactive ketones (excluding diaryl/α,β-unsaturated/α-hetero) is 1. The molecule has 1 heterocycles. The molecule has 2 aromatic carbocycles. The van der Waals surface area contributed by atoms with Gasteiger partial charge >= 0.3 is 5.97 Å². The zero-order valence-electron chi connectivity index (χ0n) is 13.2. The number of aryl methyl sites for hydroxylation is 1. The van der Waals surface area contributed by atoms with Gasteiger partial charge in [-0.15, -0.1) is 11.3 Å². The molecule has 0 saturated heterocycles. The topological polar surface area (TPSA) is 54.4 Å². The summed E-state index contributed by atoms with van der Waals surface area (Å²) in [5.41, 5.74) is 3.35. The van der Waals surface area contributed by atoms with Crippen LogP contribution in [-0.2, 0) is 6.42 Å². The molecule has 0 aliphatic heterocycles. The van der Waals surface area contributed by atoms with Crippen LogP contribution in [-0.4, -0.2) is 16.9 Å². The smallest absolute Gasteiger partial charge is 0.335 e. The Morgan fingerprint density at radius 1 is 0.917 bits per heavy atom. The third kappa shape index (κ3) is 3.60. The maximum atomic E-state index is 12.4. The van der Waals surface area contributed by atoms with E-state index in [0.29, 0.717) is 11.3 Å². The molecule has 0 saturated carbocycles. The molecule has 0 amide bonds. The summed E-state index contributed by atoms with van der Waals surface area (Å²) < 4.78 is 0. The lowest BCUT2D eigenvalue weighted by atomic mass is 10.1. The molecule has 1 aromatic heterocycles. The van der Waals surface area contributed by atoms with Gasteiger partial charge < -0.3 is 5.11 Å². The number of carbonyl (C=O) groups excluding carboxylic acids is 1. The van der Waals surface area contributed by atoms with Gasteiger partial charge in [-0.1, -0.05) is 42.0 Å². The number of aromatic carboxylic acids is 1. The van der Waals surface area contributed by atoms with Crippen LogP contribution in [0.3, 0.4) is 0 Å². The normalized spacial score (nSPS) is 10.5. The van der Waals surface area contributed by atoms with E-state index < -0.39 is 5.97 Å². The third-order valence-electron chi connectivity index (χ3n) is 3.78. The first-order valence-electron chi connectivity index (χ1n) is 7.55. The Labute approximate surface area is 144 Å². The first-order chi connectivity index (χ1) is 11.5. The Balaban J connectivity index is 1.75. The third-order valence-corrected chi connectivity index (χ3v) is 4.96. The largest absolute Gasteiger partial charge is 0.478 e. The molecule has 0 unspecified atom stereocenters. The minimum atomic E-state index is -0.943. The lowest BCUT2D eigenvalue weighted by molar-refractivity contribution is 0.0696. The van der Waals surface area contributed by atoms with Crippen LogP contribution in [0.1, 0.15) is 31.2 Å². The Morgan fingerprint density at radius 3 is 2.21 bits per heavy atom. The van der Waals surface area contributed by atoms with Gasteiger partial charge in [-0.2, -0.15) is 0 Å². The molecule has 3 rings (SSSR count). The minimum Gasteiger partial charge on any atom is -0.478 e. The van der Waals surface area contributed by atoms with E-state index in [1.807, 2.05) is 43.3 Å². The maximum absolute atomic E-state index is 12.4. The van der Waals surface area contributed by atoms with E-state index in [1.165, 1.54) is 16.9 Å². The van der Waals surface area contributed by atoms with E-state index in [4.69, 9.17) is 5.11 Å². The van der Waals surface area contributed by atoms with Crippen LogP contribution in [0, 0.1) is 6.92 Å². The summed E-state index contributed by atoms with van der Waals surface area (Å²) in [5.74, 6) is -0.848. The van der Waals surface area contributed by atoms with Gasteiger partial charge in [0, 0.05) is 11.3 Å². The lowest BCUT2D eigenvalue weighted by Crippen LogP contribution is -2.00. The summed E-state index contributed by atoms with van der Waals surface area (Å²) >= 11 is 1.43. The molecule has 0 radical (unpaired) electrons. The van der Waals surface area contributed by atoms with Crippen LogP contribution in [0.2, 0.25) is 0 Å². The Hall–Kier alpha value is -2.72. The van der Waals surface area contributed by atoms with Gasteiger partial charge in [-0.25, -0.2) is 4.79 Å². The fourth-order valence-electron chi connectivity index (χ4n) is 2.40. The standard InChI is InChI=1S/C20H16O3S/c1-13-2-4-14(5-3-13)12-17(21)19-11-10-18(24-19)15-6-8-16(9-7-15)20(22)23/h2-11H,12H2,1H3,(H,22,23). The highest BCUT2D eigenvalue weighted by atomic mass is 32.1. The van der Waals surface area contributed by atoms with Gasteiger partial charge in [-0.05, 0) is 42.3 Å². The van der Waals surface area contributed by atoms with Gasteiger partial charge in [0.25, 0.3) is 0 Å². The molecule has 0 spiro atoms. The summed E-state index contributed by atoms with van der Waals surface area (Å²) in [7, 11) is 0. The number of rotatable bonds is 5. The quantitative estimate of drug-likeness (QED) is 0.678. The second-order valence-corrected chi connectivity index (χ2v) is 6.72. The molecule has 0 aliphatic rings. The fourth-order valence-corrected chi connectivity index (χ4v) is 3.35. The van der Waals surface area contributed by atoms with Crippen molar-refractivity contribution in [1.29, 1.82) is 0 Å². The predicted molar refractivity (Wildman–Crippen MR) is 95.9 cm³/mol. The molecule has 4 heteroatoms. The highest BCUT2D eigenvalue weighted by Gasteiger charge is 2.12. The van der Waals surface area contributed by atoms with Crippen molar-refractivity contribution < 1.29 is 14.7 Å². The zero-order valence-corrected chi connectivity index (χ0v) is 14.0. The van der Waals surface area contributed by atoms with Crippen molar-refractivity contribution in [1.82, 2.24) is 0 Å². The lowest BCUT2D eigenvalue weighted by Gasteiger charge is -2.00. The Bertz CT molecular complexity index is 874. The highest BCUT2D eigenvalue weighted by Crippen LogP contribution is 2.29. The summed E-state index contributed by atoms with van der Waals surface area (Å²) in [6.07, 6.45) is 0.387. The first kappa shape index (κ1) is 16.1. The second kappa shape index (κ2) is 6.81. The van der Waals surface area contributed by atoms with Crippen molar-refractivity contribution in [2.24, 2.45) is 0 Å². The number of hydrogen-bond acceptors (Lipinski definition) is 3. The molecule has 0 atom stereocenters. The minimum absolute atomic E-state index is 0.0947. The van der Waals surface area contributed by atoms with Crippen molar-refractivity contribution in [2.75, 3.05) is 0 Å². The van der Waals surface area contributed by atoms with Crippen molar-refractivity contribution in [3.63, 3.8) is 0 Å². The SMILES string of the molecule is Cc1ccc(CC(=O)c2ccc(-c3ccc(C(=O)O)cc3)s2)cc1. The average Bonchev–Trinajstić information content (AvgIpc) is 3.07. The average molecular weight is 336 g/mol. The van der Waals surface area contributed by atoms with Crippen molar-refractivity contribution in [2.45, 2.75) is 13.3 Å². The van der Waals surface area contributed by atoms with Crippen LogP contribution in [0.25, 0.3) is 10.4 Å². The monoisotopic (exact) mass is 336 g/mol. The second-order valence-electron chi connectivity index (χ2n) is 5.63. The van der Waals surface area contributed by atoms with Crippen LogP contribution < -0.4 is 0 Å². The van der Waals surface area contributed by atoms with Crippen molar-refractivity contribution in [3.05, 3.63) is 82.2 Å². The summed E-state index contributed by atoms with van der Waals surface area (Å²) in [4.78, 5) is 25.0. The number of carboxylic acids is 1. The van der Waals surface area contributed by atoms with Crippen LogP contribution >= 0.6 is 11.3 Å². The molecule has 0 bridgehead atoms. The van der Waals surface area contributed by atoms with E-state index >= 15 is 0 Å². The maximum Gasteiger partial charge on any atom is 0.335 e. The molecule has 0 aliphatic carbocycles. The predicted octanol–water partition coefficient (Wildman–Crippen LogP) is 4.85. The van der Waals surface area contributed by atoms with Crippen molar-refractivity contribution in [3.8, 4) is 10.4 Å². The molecule has 3 nitrogen and oxygen atoms in total. The number of carboxylic acid groups (broad SMARTS) is 1. The number of benzene rings is 2. The fraction of sp³-hybridized carbons (Fsp3) is 0.100. The molecular formula is C20H16O3S. The number of hydrogen-bond donors (Lipinski definition) is 1. The molecule has 120 valence electrons. The summed E-state index contributed by atoms with van der Waals surface area (Å²) in [6, 6.07) is 18.4. The van der Waals surface area contributed by atoms with E-state index in [1.54, 1.807) is 24.3 Å². The van der Waals surface area contributed by atoms with Crippen LogP contribution in [0.5, 0.6) is 0 Å². The highest BCUT2D eigenvalue weighted by molar-refractivity contribution is 7.17. The van der Waals surface area contributed by atoms with E-state index in [9.17, 15) is 9.59 Å². The molecular weight excluding hydrogens is 320 g/mol. The van der Waals surface area contributed by atoms with E-state index in [-0.39, 0.29) is 11.3 Å². The van der Waals surface area contributed by atoms with Gasteiger partial charge in [0.05, 0.1) is 10.4 Å². The van der Waals surface area contributed by atoms with Gasteiger partial charge in [0.2, 0.25) is 0 Å². The van der Waals surface area contributed by atoms with E-state index in [0.717, 1.165) is 16.0 Å². The molecule has 1 N–H and O–H groups in total. The van der Waals surface area contributed by atoms with Gasteiger partial charge in [-0.3, -0.25) is 4.79 Å². The molecule has 24 heavy (non-hydrogen) atoms. The number of carbonyl (C=O) groups is 2. The molecule has 3 aromatic rings. The van der Waals surface area contributed by atoms with Crippen LogP contribution in [0.4, 0.5) is 0 Å². The number of thiophene rings is 1. The summed E-state index contributed by atoms with van der Waals surface area (Å²) in [5, 5.41) is 8.94. The zero-order chi connectivity index (χ0) is 17.1. The van der Waals surface area contributed by atoms with Gasteiger partial charge in [0.1, 0.15) is 0 Å².